The Labute approximate surface area is 253 Å². The van der Waals surface area contributed by atoms with E-state index < -0.39 is 48.3 Å². The smallest absolute Gasteiger partial charge is 0.317 e. The number of carboxylic acids is 6. The van der Waals surface area contributed by atoms with Gasteiger partial charge in [0.2, 0.25) is 0 Å². The molecule has 0 rings (SSSR count). The topological polar surface area (TPSA) is 424 Å². The zero-order chi connectivity index (χ0) is 35.5. The van der Waals surface area contributed by atoms with Crippen LogP contribution >= 0.6 is 0 Å². The summed E-state index contributed by atoms with van der Waals surface area (Å²) < 4.78 is 0. The van der Waals surface area contributed by atoms with Gasteiger partial charge in [0.25, 0.3) is 29.8 Å². The van der Waals surface area contributed by atoms with Crippen LogP contribution in [0.15, 0.2) is 24.0 Å². The third-order valence-corrected chi connectivity index (χ3v) is 1.66. The maximum Gasteiger partial charge on any atom is 0.317 e. The maximum atomic E-state index is 10.2. The molecule has 0 fully saturated rings. The molecule has 0 aliphatic heterocycles. The molecule has 0 spiro atoms. The van der Waals surface area contributed by atoms with E-state index >= 15 is 0 Å². The van der Waals surface area contributed by atoms with Crippen LogP contribution in [-0.2, 0) is 45.8 Å². The number of carbonyl (C=O) groups is 6. The summed E-state index contributed by atoms with van der Waals surface area (Å²) in [6.45, 7) is 7.85. The summed E-state index contributed by atoms with van der Waals surface area (Å²) in [4.78, 5) is 56.2. The van der Waals surface area contributed by atoms with Crippen LogP contribution in [0.5, 0.6) is 0 Å². The third-order valence-electron chi connectivity index (χ3n) is 1.66. The summed E-state index contributed by atoms with van der Waals surface area (Å²) in [5.41, 5.74) is 28.7. The Kier molecular flexibility index (Phi) is 67.9. The van der Waals surface area contributed by atoms with E-state index in [2.05, 4.69) is 0 Å². The molecule has 0 saturated heterocycles. The molecular weight excluding hydrogens is 618 g/mol. The minimum atomic E-state index is -1.08. The number of aliphatic hydroxyl groups is 2. The number of nitrogens with two attached hydrogens (primary N) is 6. The number of hydrogen-bond donors (Lipinski definition) is 14. The van der Waals surface area contributed by atoms with Gasteiger partial charge in [0.1, 0.15) is 30.6 Å². The van der Waals surface area contributed by atoms with E-state index in [9.17, 15) is 4.79 Å². The van der Waals surface area contributed by atoms with Gasteiger partial charge in [-0.1, -0.05) is 0 Å². The SMILES string of the molecule is CC(=O)O.CC(=O)O.CC(=O)O.CC(=O)O.CC(=O)O.CC(O)N(CC(=O)O)C(C)O.NC=C(N)N.NC=C(N)N.[Fe]. The molecule has 42 heavy (non-hydrogen) atoms. The molecule has 20 N–H and O–H groups in total. The molecule has 0 heterocycles. The second-order valence-electron chi connectivity index (χ2n) is 6.26. The van der Waals surface area contributed by atoms with Crippen LogP contribution in [0.4, 0.5) is 0 Å². The zero-order valence-electron chi connectivity index (χ0n) is 24.3. The van der Waals surface area contributed by atoms with Crippen molar-refractivity contribution in [3.05, 3.63) is 24.0 Å². The summed E-state index contributed by atoms with van der Waals surface area (Å²) >= 11 is 0. The van der Waals surface area contributed by atoms with Gasteiger partial charge in [-0.15, -0.1) is 0 Å². The first-order valence-electron chi connectivity index (χ1n) is 10.3. The number of carboxylic acid groups (broad SMARTS) is 6. The summed E-state index contributed by atoms with van der Waals surface area (Å²) in [5.74, 6) is -4.93. The quantitative estimate of drug-likeness (QED) is 0.104. The van der Waals surface area contributed by atoms with Gasteiger partial charge in [0.05, 0.1) is 0 Å². The molecule has 0 aromatic carbocycles. The number of aliphatic hydroxyl groups excluding tert-OH is 2. The summed E-state index contributed by atoms with van der Waals surface area (Å²) in [6.07, 6.45) is 0.372. The fourth-order valence-corrected chi connectivity index (χ4v) is 0.733. The van der Waals surface area contributed by atoms with Gasteiger partial charge in [0.15, 0.2) is 0 Å². The van der Waals surface area contributed by atoms with Crippen molar-refractivity contribution in [3.63, 3.8) is 0 Å². The second-order valence-corrected chi connectivity index (χ2v) is 6.26. The number of nitrogens with zero attached hydrogens (tertiary/aromatic N) is 1. The van der Waals surface area contributed by atoms with Gasteiger partial charge in [-0.25, -0.2) is 4.90 Å². The Morgan fingerprint density at radius 3 is 0.714 bits per heavy atom. The fourth-order valence-electron chi connectivity index (χ4n) is 0.733. The van der Waals surface area contributed by atoms with Crippen LogP contribution in [0.2, 0.25) is 0 Å². The van der Waals surface area contributed by atoms with Crippen LogP contribution in [0.25, 0.3) is 0 Å². The molecule has 0 aromatic rings. The van der Waals surface area contributed by atoms with Crippen LogP contribution in [0.3, 0.4) is 0 Å². The van der Waals surface area contributed by atoms with Crippen LogP contribution in [0.1, 0.15) is 48.5 Å². The molecule has 0 aromatic heterocycles. The molecule has 0 aliphatic carbocycles. The summed E-state index contributed by atoms with van der Waals surface area (Å²) in [6, 6.07) is 0. The fraction of sp³-hybridized carbons (Fsp3) is 0.500. The van der Waals surface area contributed by atoms with Gasteiger partial charge in [-0.05, 0) is 13.8 Å². The average Bonchev–Trinajstić information content (AvgIpc) is 2.70. The maximum absolute atomic E-state index is 10.2. The van der Waals surface area contributed by atoms with E-state index in [1.807, 2.05) is 0 Å². The minimum absolute atomic E-state index is 0. The number of hydrogen-bond acceptors (Lipinski definition) is 15. The normalized spacial score (nSPS) is 8.81. The van der Waals surface area contributed by atoms with Gasteiger partial charge in [-0.2, -0.15) is 0 Å². The van der Waals surface area contributed by atoms with Crippen LogP contribution in [-0.4, -0.2) is 101 Å². The number of aliphatic carboxylic acids is 6. The Morgan fingerprint density at radius 1 is 0.571 bits per heavy atom. The molecule has 21 nitrogen and oxygen atoms in total. The molecule has 2 atom stereocenters. The first kappa shape index (κ1) is 61.5. The van der Waals surface area contributed by atoms with Crippen molar-refractivity contribution in [2.75, 3.05) is 6.54 Å². The van der Waals surface area contributed by atoms with E-state index in [0.29, 0.717) is 0 Å². The van der Waals surface area contributed by atoms with Gasteiger partial charge in [0, 0.05) is 64.1 Å². The molecule has 0 amide bonds. The van der Waals surface area contributed by atoms with Crippen LogP contribution < -0.4 is 34.4 Å². The van der Waals surface area contributed by atoms with Crippen molar-refractivity contribution in [3.8, 4) is 0 Å². The van der Waals surface area contributed by atoms with E-state index in [0.717, 1.165) is 51.9 Å². The monoisotopic (exact) mass is 665 g/mol. The van der Waals surface area contributed by atoms with Gasteiger partial charge >= 0.3 is 5.97 Å². The van der Waals surface area contributed by atoms with E-state index in [1.165, 1.54) is 13.8 Å². The van der Waals surface area contributed by atoms with Gasteiger partial charge < -0.3 is 75.3 Å². The molecule has 22 heteroatoms. The molecule has 0 aliphatic rings. The first-order chi connectivity index (χ1) is 18.1. The van der Waals surface area contributed by atoms with E-state index in [-0.39, 0.29) is 35.3 Å². The molecular formula is C20H47FeN7O14. The minimum Gasteiger partial charge on any atom is -0.481 e. The van der Waals surface area contributed by atoms with Gasteiger partial charge in [-0.3, -0.25) is 28.8 Å². The van der Waals surface area contributed by atoms with Crippen molar-refractivity contribution < 1.29 is 86.7 Å². The Morgan fingerprint density at radius 2 is 0.690 bits per heavy atom. The summed E-state index contributed by atoms with van der Waals surface area (Å²) in [5, 5.41) is 63.3. The molecule has 0 saturated carbocycles. The Bertz CT molecular complexity index is 644. The standard InChI is InChI=1S/C6H13NO4.2C2H7N3.5C2H4O2.Fe/c1-4(8)7(5(2)9)3-6(10)11;2*3-1-2(4)5;5*1-2(3)4;/h4-5,8-9H,3H2,1-2H3,(H,10,11);2*1H,3-5H2;5*1H3,(H,3,4);. The second kappa shape index (κ2) is 46.4. The average molecular weight is 665 g/mol. The largest absolute Gasteiger partial charge is 0.481 e. The molecule has 0 radical (unpaired) electrons. The Hall–Kier alpha value is -4.50. The number of rotatable bonds is 4. The van der Waals surface area contributed by atoms with Crippen molar-refractivity contribution in [2.45, 2.75) is 60.9 Å². The van der Waals surface area contributed by atoms with Crippen molar-refractivity contribution in [1.29, 1.82) is 0 Å². The predicted molar refractivity (Wildman–Crippen MR) is 146 cm³/mol. The predicted octanol–water partition coefficient (Wildman–Crippen LogP) is -3.18. The molecule has 0 bridgehead atoms. The first-order valence-corrected chi connectivity index (χ1v) is 10.3. The summed E-state index contributed by atoms with van der Waals surface area (Å²) in [7, 11) is 0. The van der Waals surface area contributed by atoms with Crippen molar-refractivity contribution in [2.24, 2.45) is 34.4 Å². The van der Waals surface area contributed by atoms with Crippen molar-refractivity contribution >= 4 is 35.8 Å². The zero-order valence-corrected chi connectivity index (χ0v) is 25.4. The van der Waals surface area contributed by atoms with Crippen LogP contribution in [0, 0.1) is 0 Å². The van der Waals surface area contributed by atoms with E-state index in [1.54, 1.807) is 0 Å². The molecule has 2 unspecified atom stereocenters. The van der Waals surface area contributed by atoms with Crippen molar-refractivity contribution in [1.82, 2.24) is 4.90 Å². The third kappa shape index (κ3) is 320. The molecule has 254 valence electrons. The Balaban J connectivity index is -0.0000000440. The van der Waals surface area contributed by atoms with E-state index in [4.69, 9.17) is 99.2 Å².